The van der Waals surface area contributed by atoms with Crippen LogP contribution >= 0.6 is 0 Å². The van der Waals surface area contributed by atoms with Gasteiger partial charge >= 0.3 is 0 Å². The lowest BCUT2D eigenvalue weighted by molar-refractivity contribution is 0.0952. The number of fused-ring (bicyclic) bond motifs is 1. The minimum atomic E-state index is -0.0500. The fourth-order valence-electron chi connectivity index (χ4n) is 2.72. The number of hydrogen-bond acceptors (Lipinski definition) is 3. The minimum absolute atomic E-state index is 0.0500. The molecule has 1 amide bonds. The average Bonchev–Trinajstić information content (AvgIpc) is 3.44. The quantitative estimate of drug-likeness (QED) is 0.802. The van der Waals surface area contributed by atoms with Crippen molar-refractivity contribution in [2.24, 2.45) is 0 Å². The molecule has 4 rings (SSSR count). The van der Waals surface area contributed by atoms with Gasteiger partial charge in [-0.1, -0.05) is 30.3 Å². The third-order valence-electron chi connectivity index (χ3n) is 4.18. The molecule has 3 aromatic rings. The zero-order chi connectivity index (χ0) is 16.5. The molecule has 24 heavy (non-hydrogen) atoms. The van der Waals surface area contributed by atoms with Crippen molar-refractivity contribution in [3.8, 4) is 17.3 Å². The SMILES string of the molecule is N#Cc1ccc(-c2cc(C(=O)NC3CC3)c3ccccc3n2)cc1. The molecule has 4 heteroatoms. The number of amides is 1. The second-order valence-corrected chi connectivity index (χ2v) is 6.01. The minimum Gasteiger partial charge on any atom is -0.349 e. The van der Waals surface area contributed by atoms with Crippen molar-refractivity contribution in [1.29, 1.82) is 5.26 Å². The average molecular weight is 313 g/mol. The summed E-state index contributed by atoms with van der Waals surface area (Å²) in [6.45, 7) is 0. The van der Waals surface area contributed by atoms with E-state index in [0.717, 1.165) is 35.0 Å². The van der Waals surface area contributed by atoms with Crippen LogP contribution in [-0.4, -0.2) is 16.9 Å². The normalized spacial score (nSPS) is 13.5. The molecule has 0 bridgehead atoms. The molecule has 0 unspecified atom stereocenters. The zero-order valence-electron chi connectivity index (χ0n) is 13.0. The van der Waals surface area contributed by atoms with E-state index in [0.29, 0.717) is 17.2 Å². The molecule has 4 nitrogen and oxygen atoms in total. The first-order chi connectivity index (χ1) is 11.7. The number of aromatic nitrogens is 1. The summed E-state index contributed by atoms with van der Waals surface area (Å²) in [4.78, 5) is 17.3. The van der Waals surface area contributed by atoms with Crippen molar-refractivity contribution in [2.75, 3.05) is 0 Å². The summed E-state index contributed by atoms with van der Waals surface area (Å²) in [5.74, 6) is -0.0500. The van der Waals surface area contributed by atoms with E-state index in [1.807, 2.05) is 42.5 Å². The van der Waals surface area contributed by atoms with Gasteiger partial charge in [0.05, 0.1) is 28.4 Å². The summed E-state index contributed by atoms with van der Waals surface area (Å²) in [5, 5.41) is 12.8. The molecular weight excluding hydrogens is 298 g/mol. The monoisotopic (exact) mass is 313 g/mol. The number of benzene rings is 2. The van der Waals surface area contributed by atoms with Crippen LogP contribution in [0.1, 0.15) is 28.8 Å². The highest BCUT2D eigenvalue weighted by atomic mass is 16.1. The molecule has 1 heterocycles. The summed E-state index contributed by atoms with van der Waals surface area (Å²) in [6, 6.07) is 19.2. The lowest BCUT2D eigenvalue weighted by Gasteiger charge is -2.10. The fourth-order valence-corrected chi connectivity index (χ4v) is 2.72. The summed E-state index contributed by atoms with van der Waals surface area (Å²) in [7, 11) is 0. The predicted octanol–water partition coefficient (Wildman–Crippen LogP) is 3.67. The van der Waals surface area contributed by atoms with Gasteiger partial charge in [0.25, 0.3) is 5.91 Å². The second kappa shape index (κ2) is 5.78. The van der Waals surface area contributed by atoms with Gasteiger partial charge in [-0.15, -0.1) is 0 Å². The molecule has 1 saturated carbocycles. The molecule has 0 saturated heterocycles. The van der Waals surface area contributed by atoms with Gasteiger partial charge in [0.1, 0.15) is 0 Å². The van der Waals surface area contributed by atoms with Gasteiger partial charge in [-0.3, -0.25) is 4.79 Å². The Morgan fingerprint density at radius 2 is 1.88 bits per heavy atom. The first kappa shape index (κ1) is 14.4. The number of para-hydroxylation sites is 1. The van der Waals surface area contributed by atoms with Crippen LogP contribution in [0.25, 0.3) is 22.2 Å². The van der Waals surface area contributed by atoms with E-state index in [9.17, 15) is 4.79 Å². The van der Waals surface area contributed by atoms with Gasteiger partial charge in [-0.2, -0.15) is 5.26 Å². The highest BCUT2D eigenvalue weighted by Crippen LogP contribution is 2.26. The number of pyridine rings is 1. The number of carbonyl (C=O) groups excluding carboxylic acids is 1. The number of hydrogen-bond donors (Lipinski definition) is 1. The van der Waals surface area contributed by atoms with Crippen molar-refractivity contribution in [2.45, 2.75) is 18.9 Å². The third kappa shape index (κ3) is 2.72. The first-order valence-electron chi connectivity index (χ1n) is 7.96. The Morgan fingerprint density at radius 3 is 2.58 bits per heavy atom. The van der Waals surface area contributed by atoms with Gasteiger partial charge in [-0.25, -0.2) is 4.98 Å². The Kier molecular flexibility index (Phi) is 3.47. The molecule has 0 atom stereocenters. The lowest BCUT2D eigenvalue weighted by Crippen LogP contribution is -2.25. The van der Waals surface area contributed by atoms with Crippen LogP contribution < -0.4 is 5.32 Å². The Bertz CT molecular complexity index is 966. The molecule has 1 aliphatic rings. The predicted molar refractivity (Wildman–Crippen MR) is 92.4 cm³/mol. The van der Waals surface area contributed by atoms with E-state index in [2.05, 4.69) is 16.4 Å². The molecule has 0 radical (unpaired) electrons. The summed E-state index contributed by atoms with van der Waals surface area (Å²) in [6.07, 6.45) is 2.11. The number of nitrogens with zero attached hydrogens (tertiary/aromatic N) is 2. The lowest BCUT2D eigenvalue weighted by atomic mass is 10.0. The molecule has 116 valence electrons. The van der Waals surface area contributed by atoms with Crippen LogP contribution in [0.5, 0.6) is 0 Å². The van der Waals surface area contributed by atoms with Crippen molar-refractivity contribution in [1.82, 2.24) is 10.3 Å². The van der Waals surface area contributed by atoms with E-state index in [4.69, 9.17) is 5.26 Å². The molecule has 2 aromatic carbocycles. The van der Waals surface area contributed by atoms with Crippen LogP contribution in [-0.2, 0) is 0 Å². The zero-order valence-corrected chi connectivity index (χ0v) is 13.0. The van der Waals surface area contributed by atoms with Crippen LogP contribution in [0.2, 0.25) is 0 Å². The Morgan fingerprint density at radius 1 is 1.12 bits per heavy atom. The fraction of sp³-hybridized carbons (Fsp3) is 0.150. The van der Waals surface area contributed by atoms with Crippen molar-refractivity contribution in [3.05, 3.63) is 65.7 Å². The van der Waals surface area contributed by atoms with Crippen LogP contribution in [0, 0.1) is 11.3 Å². The number of nitriles is 1. The highest BCUT2D eigenvalue weighted by Gasteiger charge is 2.25. The van der Waals surface area contributed by atoms with Gasteiger partial charge in [0.15, 0.2) is 0 Å². The van der Waals surface area contributed by atoms with E-state index in [-0.39, 0.29) is 5.91 Å². The van der Waals surface area contributed by atoms with Crippen LogP contribution in [0.3, 0.4) is 0 Å². The molecular formula is C20H15N3O. The number of carbonyl (C=O) groups is 1. The standard InChI is InChI=1S/C20H15N3O/c21-12-13-5-7-14(8-6-13)19-11-17(20(24)22-15-9-10-15)16-3-1-2-4-18(16)23-19/h1-8,11,15H,9-10H2,(H,22,24). The Labute approximate surface area is 139 Å². The highest BCUT2D eigenvalue weighted by molar-refractivity contribution is 6.07. The second-order valence-electron chi connectivity index (χ2n) is 6.01. The molecule has 1 fully saturated rings. The van der Waals surface area contributed by atoms with Crippen LogP contribution in [0.4, 0.5) is 0 Å². The molecule has 0 spiro atoms. The van der Waals surface area contributed by atoms with E-state index < -0.39 is 0 Å². The van der Waals surface area contributed by atoms with E-state index in [1.54, 1.807) is 12.1 Å². The van der Waals surface area contributed by atoms with Gasteiger partial charge < -0.3 is 5.32 Å². The Hall–Kier alpha value is -3.19. The maximum absolute atomic E-state index is 12.6. The maximum atomic E-state index is 12.6. The topological polar surface area (TPSA) is 65.8 Å². The van der Waals surface area contributed by atoms with Gasteiger partial charge in [0, 0.05) is 17.0 Å². The number of rotatable bonds is 3. The van der Waals surface area contributed by atoms with Crippen LogP contribution in [0.15, 0.2) is 54.6 Å². The summed E-state index contributed by atoms with van der Waals surface area (Å²) < 4.78 is 0. The molecule has 0 aliphatic heterocycles. The third-order valence-corrected chi connectivity index (χ3v) is 4.18. The van der Waals surface area contributed by atoms with Gasteiger partial charge in [0.2, 0.25) is 0 Å². The maximum Gasteiger partial charge on any atom is 0.252 e. The number of nitrogens with one attached hydrogen (secondary N) is 1. The van der Waals surface area contributed by atoms with Crippen molar-refractivity contribution >= 4 is 16.8 Å². The van der Waals surface area contributed by atoms with E-state index >= 15 is 0 Å². The molecule has 1 N–H and O–H groups in total. The van der Waals surface area contributed by atoms with Gasteiger partial charge in [-0.05, 0) is 37.1 Å². The Balaban J connectivity index is 1.83. The summed E-state index contributed by atoms with van der Waals surface area (Å²) in [5.41, 5.74) is 3.66. The molecule has 1 aromatic heterocycles. The largest absolute Gasteiger partial charge is 0.349 e. The van der Waals surface area contributed by atoms with E-state index in [1.165, 1.54) is 0 Å². The van der Waals surface area contributed by atoms with Crippen molar-refractivity contribution in [3.63, 3.8) is 0 Å². The van der Waals surface area contributed by atoms with Crippen molar-refractivity contribution < 1.29 is 4.79 Å². The first-order valence-corrected chi connectivity index (χ1v) is 7.96. The summed E-state index contributed by atoms with van der Waals surface area (Å²) >= 11 is 0. The smallest absolute Gasteiger partial charge is 0.252 e. The molecule has 1 aliphatic carbocycles.